The molecule has 1 aromatic heterocycles. The Morgan fingerprint density at radius 1 is 1.38 bits per heavy atom. The fourth-order valence-electron chi connectivity index (χ4n) is 2.42. The Morgan fingerprint density at radius 2 is 2.10 bits per heavy atom. The summed E-state index contributed by atoms with van der Waals surface area (Å²) < 4.78 is 0. The summed E-state index contributed by atoms with van der Waals surface area (Å²) in [7, 11) is 4.09. The predicted octanol–water partition coefficient (Wildman–Crippen LogP) is 1.93. The first-order chi connectivity index (χ1) is 10.1. The Bertz CT molecular complexity index is 450. The van der Waals surface area contributed by atoms with Crippen LogP contribution in [0.4, 0.5) is 5.69 Å². The first-order valence-electron chi connectivity index (χ1n) is 7.70. The lowest BCUT2D eigenvalue weighted by molar-refractivity contribution is 0.0691. The molecule has 0 atom stereocenters. The quantitative estimate of drug-likeness (QED) is 0.900. The molecule has 1 saturated heterocycles. The predicted molar refractivity (Wildman–Crippen MR) is 85.6 cm³/mol. The van der Waals surface area contributed by atoms with Crippen molar-refractivity contribution in [3.8, 4) is 0 Å². The van der Waals surface area contributed by atoms with Crippen LogP contribution in [0.5, 0.6) is 0 Å². The van der Waals surface area contributed by atoms with Crippen molar-refractivity contribution < 1.29 is 4.79 Å². The molecular weight excluding hydrogens is 264 g/mol. The lowest BCUT2D eigenvalue weighted by atomic mass is 9.99. The fraction of sp³-hybridized carbons (Fsp3) is 0.625. The van der Waals surface area contributed by atoms with Crippen LogP contribution in [0.1, 0.15) is 30.3 Å². The van der Waals surface area contributed by atoms with Gasteiger partial charge in [-0.05, 0) is 45.0 Å². The van der Waals surface area contributed by atoms with Gasteiger partial charge in [0.15, 0.2) is 0 Å². The van der Waals surface area contributed by atoms with Gasteiger partial charge >= 0.3 is 0 Å². The second kappa shape index (κ2) is 7.41. The zero-order valence-electron chi connectivity index (χ0n) is 13.3. The van der Waals surface area contributed by atoms with E-state index < -0.39 is 0 Å². The maximum Gasteiger partial charge on any atom is 0.272 e. The van der Waals surface area contributed by atoms with Crippen LogP contribution in [0.2, 0.25) is 0 Å². The van der Waals surface area contributed by atoms with Crippen LogP contribution in [-0.4, -0.2) is 61.0 Å². The minimum atomic E-state index is 0.0572. The van der Waals surface area contributed by atoms with Crippen LogP contribution < -0.4 is 5.32 Å². The summed E-state index contributed by atoms with van der Waals surface area (Å²) >= 11 is 0. The number of hydrogen-bond donors (Lipinski definition) is 1. The molecule has 2 heterocycles. The maximum absolute atomic E-state index is 12.4. The van der Waals surface area contributed by atoms with Crippen LogP contribution in [0, 0.1) is 5.92 Å². The highest BCUT2D eigenvalue weighted by atomic mass is 16.2. The zero-order valence-corrected chi connectivity index (χ0v) is 13.3. The highest BCUT2D eigenvalue weighted by Gasteiger charge is 2.21. The Morgan fingerprint density at radius 3 is 2.67 bits per heavy atom. The monoisotopic (exact) mass is 290 g/mol. The van der Waals surface area contributed by atoms with E-state index in [0.29, 0.717) is 5.69 Å². The number of hydrogen-bond acceptors (Lipinski definition) is 4. The second-order valence-corrected chi connectivity index (χ2v) is 6.14. The number of carbonyl (C=O) groups excluding carboxylic acids is 1. The number of pyridine rings is 1. The molecule has 21 heavy (non-hydrogen) atoms. The Balaban J connectivity index is 1.87. The minimum absolute atomic E-state index is 0.0572. The number of carbonyl (C=O) groups is 1. The van der Waals surface area contributed by atoms with Crippen LogP contribution in [0.15, 0.2) is 18.3 Å². The highest BCUT2D eigenvalue weighted by molar-refractivity contribution is 5.92. The number of rotatable bonds is 5. The summed E-state index contributed by atoms with van der Waals surface area (Å²) in [4.78, 5) is 20.7. The normalized spacial score (nSPS) is 16.3. The number of aromatic nitrogens is 1. The van der Waals surface area contributed by atoms with Gasteiger partial charge in [-0.1, -0.05) is 6.92 Å². The van der Waals surface area contributed by atoms with Crippen molar-refractivity contribution in [3.05, 3.63) is 24.0 Å². The number of piperidine rings is 1. The summed E-state index contributed by atoms with van der Waals surface area (Å²) in [6.07, 6.45) is 3.93. The van der Waals surface area contributed by atoms with Gasteiger partial charge in [-0.15, -0.1) is 0 Å². The smallest absolute Gasteiger partial charge is 0.272 e. The zero-order chi connectivity index (χ0) is 15.2. The summed E-state index contributed by atoms with van der Waals surface area (Å²) in [6.45, 7) is 5.78. The van der Waals surface area contributed by atoms with Gasteiger partial charge in [-0.3, -0.25) is 4.79 Å². The van der Waals surface area contributed by atoms with Crippen molar-refractivity contribution in [2.75, 3.05) is 45.6 Å². The Labute approximate surface area is 127 Å². The van der Waals surface area contributed by atoms with Gasteiger partial charge in [-0.25, -0.2) is 4.98 Å². The molecule has 116 valence electrons. The van der Waals surface area contributed by atoms with Crippen molar-refractivity contribution in [1.29, 1.82) is 0 Å². The van der Waals surface area contributed by atoms with Crippen LogP contribution >= 0.6 is 0 Å². The second-order valence-electron chi connectivity index (χ2n) is 6.14. The molecule has 2 rings (SSSR count). The molecule has 5 nitrogen and oxygen atoms in total. The number of anilines is 1. The first-order valence-corrected chi connectivity index (χ1v) is 7.70. The molecule has 5 heteroatoms. The van der Waals surface area contributed by atoms with Crippen molar-refractivity contribution in [3.63, 3.8) is 0 Å². The molecule has 0 aliphatic carbocycles. The maximum atomic E-state index is 12.4. The van der Waals surface area contributed by atoms with Crippen molar-refractivity contribution in [2.24, 2.45) is 5.92 Å². The molecule has 1 N–H and O–H groups in total. The standard InChI is InChI=1S/C16H26N4O/c1-13-6-9-20(10-7-13)16(21)15-5-4-14(12-18-15)17-8-11-19(2)3/h4-5,12-13,17H,6-11H2,1-3H3. The van der Waals surface area contributed by atoms with Crippen molar-refractivity contribution >= 4 is 11.6 Å². The van der Waals surface area contributed by atoms with E-state index in [2.05, 4.69) is 22.1 Å². The Kier molecular flexibility index (Phi) is 5.56. The molecule has 0 radical (unpaired) electrons. The van der Waals surface area contributed by atoms with Gasteiger partial charge in [-0.2, -0.15) is 0 Å². The molecule has 0 spiro atoms. The summed E-state index contributed by atoms with van der Waals surface area (Å²) in [5.74, 6) is 0.784. The van der Waals surface area contributed by atoms with Gasteiger partial charge in [0.1, 0.15) is 5.69 Å². The number of likely N-dealkylation sites (N-methyl/N-ethyl adjacent to an activating group) is 1. The molecule has 0 unspecified atom stereocenters. The van der Waals surface area contributed by atoms with Crippen LogP contribution in [-0.2, 0) is 0 Å². The van der Waals surface area contributed by atoms with E-state index >= 15 is 0 Å². The van der Waals surface area contributed by atoms with Gasteiger partial charge in [0.25, 0.3) is 5.91 Å². The third-order valence-electron chi connectivity index (χ3n) is 3.94. The number of amides is 1. The molecule has 1 fully saturated rings. The van der Waals surface area contributed by atoms with Gasteiger partial charge in [0.2, 0.25) is 0 Å². The van der Waals surface area contributed by atoms with Gasteiger partial charge < -0.3 is 15.1 Å². The fourth-order valence-corrected chi connectivity index (χ4v) is 2.42. The van der Waals surface area contributed by atoms with E-state index in [1.54, 1.807) is 6.20 Å². The summed E-state index contributed by atoms with van der Waals surface area (Å²) in [5.41, 5.74) is 1.50. The van der Waals surface area contributed by atoms with E-state index in [9.17, 15) is 4.79 Å². The molecule has 1 aliphatic heterocycles. The van der Waals surface area contributed by atoms with Crippen LogP contribution in [0.25, 0.3) is 0 Å². The summed E-state index contributed by atoms with van der Waals surface area (Å²) in [6, 6.07) is 3.75. The first kappa shape index (κ1) is 15.8. The van der Waals surface area contributed by atoms with E-state index in [0.717, 1.165) is 50.6 Å². The molecule has 1 amide bonds. The van der Waals surface area contributed by atoms with Crippen molar-refractivity contribution in [2.45, 2.75) is 19.8 Å². The largest absolute Gasteiger partial charge is 0.383 e. The van der Waals surface area contributed by atoms with Gasteiger partial charge in [0, 0.05) is 26.2 Å². The van der Waals surface area contributed by atoms with Gasteiger partial charge in [0.05, 0.1) is 11.9 Å². The molecular formula is C16H26N4O. The van der Waals surface area contributed by atoms with E-state index in [-0.39, 0.29) is 5.91 Å². The summed E-state index contributed by atoms with van der Waals surface area (Å²) in [5, 5.41) is 3.30. The number of nitrogens with zero attached hydrogens (tertiary/aromatic N) is 3. The lowest BCUT2D eigenvalue weighted by Crippen LogP contribution is -2.38. The topological polar surface area (TPSA) is 48.5 Å². The minimum Gasteiger partial charge on any atom is -0.383 e. The lowest BCUT2D eigenvalue weighted by Gasteiger charge is -2.30. The van der Waals surface area contributed by atoms with Crippen LogP contribution in [0.3, 0.4) is 0 Å². The number of likely N-dealkylation sites (tertiary alicyclic amines) is 1. The number of nitrogens with one attached hydrogen (secondary N) is 1. The van der Waals surface area contributed by atoms with E-state index in [4.69, 9.17) is 0 Å². The third-order valence-corrected chi connectivity index (χ3v) is 3.94. The highest BCUT2D eigenvalue weighted by Crippen LogP contribution is 2.18. The molecule has 0 saturated carbocycles. The van der Waals surface area contributed by atoms with E-state index in [1.807, 2.05) is 31.1 Å². The average molecular weight is 290 g/mol. The molecule has 0 aromatic carbocycles. The average Bonchev–Trinajstić information content (AvgIpc) is 2.48. The van der Waals surface area contributed by atoms with E-state index in [1.165, 1.54) is 0 Å². The Hall–Kier alpha value is -1.62. The SMILES string of the molecule is CC1CCN(C(=O)c2ccc(NCCN(C)C)cn2)CC1. The third kappa shape index (κ3) is 4.70. The van der Waals surface area contributed by atoms with Crippen molar-refractivity contribution in [1.82, 2.24) is 14.8 Å². The molecule has 1 aliphatic rings. The molecule has 1 aromatic rings. The molecule has 0 bridgehead atoms.